The molecule has 0 aromatic heterocycles. The minimum Gasteiger partial charge on any atom is -0.460 e. The number of ether oxygens (including phenoxy) is 1. The van der Waals surface area contributed by atoms with Gasteiger partial charge in [-0.25, -0.2) is 0 Å². The molecule has 1 unspecified atom stereocenters. The van der Waals surface area contributed by atoms with Gasteiger partial charge in [0.1, 0.15) is 5.60 Å². The predicted octanol–water partition coefficient (Wildman–Crippen LogP) is 3.69. The topological polar surface area (TPSA) is 26.3 Å². The van der Waals surface area contributed by atoms with E-state index in [1.165, 1.54) is 0 Å². The molecule has 0 heterocycles. The summed E-state index contributed by atoms with van der Waals surface area (Å²) in [5.41, 5.74) is -0.277. The molecular formula is C12H26O2Si. The first-order valence-electron chi connectivity index (χ1n) is 5.68. The predicted molar refractivity (Wildman–Crippen MR) is 67.8 cm³/mol. The summed E-state index contributed by atoms with van der Waals surface area (Å²) in [5, 5.41) is 0. The van der Waals surface area contributed by atoms with E-state index >= 15 is 0 Å². The zero-order chi connectivity index (χ0) is 12.4. The Morgan fingerprint density at radius 1 is 1.13 bits per heavy atom. The molecule has 90 valence electrons. The van der Waals surface area contributed by atoms with Crippen molar-refractivity contribution in [2.45, 2.75) is 65.4 Å². The number of carbonyl (C=O) groups excluding carboxylic acids is 1. The van der Waals surface area contributed by atoms with Crippen LogP contribution in [0.3, 0.4) is 0 Å². The smallest absolute Gasteiger partial charge is 0.306 e. The van der Waals surface area contributed by atoms with E-state index < -0.39 is 8.07 Å². The lowest BCUT2D eigenvalue weighted by Gasteiger charge is -2.33. The number of rotatable bonds is 3. The van der Waals surface area contributed by atoms with Crippen LogP contribution in [-0.4, -0.2) is 19.6 Å². The molecule has 0 aromatic rings. The summed E-state index contributed by atoms with van der Waals surface area (Å²) in [7, 11) is -1.49. The summed E-state index contributed by atoms with van der Waals surface area (Å²) in [6, 6.07) is 0. The molecule has 0 aliphatic carbocycles. The Balaban J connectivity index is 4.74. The van der Waals surface area contributed by atoms with Gasteiger partial charge in [0.15, 0.2) is 0 Å². The van der Waals surface area contributed by atoms with Crippen molar-refractivity contribution in [3.05, 3.63) is 0 Å². The molecule has 2 nitrogen and oxygen atoms in total. The summed E-state index contributed by atoms with van der Waals surface area (Å²) >= 11 is 0. The molecule has 0 aromatic carbocycles. The summed E-state index contributed by atoms with van der Waals surface area (Å²) < 4.78 is 5.48. The van der Waals surface area contributed by atoms with Crippen molar-refractivity contribution in [1.29, 1.82) is 0 Å². The van der Waals surface area contributed by atoms with Crippen LogP contribution in [0.25, 0.3) is 0 Å². The Morgan fingerprint density at radius 3 is 1.73 bits per heavy atom. The van der Waals surface area contributed by atoms with Crippen LogP contribution in [0.4, 0.5) is 0 Å². The number of esters is 1. The maximum atomic E-state index is 12.1. The van der Waals surface area contributed by atoms with E-state index in [-0.39, 0.29) is 17.1 Å². The number of hydrogen-bond acceptors (Lipinski definition) is 2. The molecule has 1 atom stereocenters. The van der Waals surface area contributed by atoms with Gasteiger partial charge in [0.2, 0.25) is 0 Å². The lowest BCUT2D eigenvalue weighted by atomic mass is 10.1. The van der Waals surface area contributed by atoms with Crippen LogP contribution in [-0.2, 0) is 9.53 Å². The van der Waals surface area contributed by atoms with Crippen molar-refractivity contribution in [3.8, 4) is 0 Å². The van der Waals surface area contributed by atoms with Crippen molar-refractivity contribution in [3.63, 3.8) is 0 Å². The maximum Gasteiger partial charge on any atom is 0.306 e. The first-order valence-corrected chi connectivity index (χ1v) is 9.26. The summed E-state index contributed by atoms with van der Waals surface area (Å²) in [6.07, 6.45) is 0. The van der Waals surface area contributed by atoms with E-state index in [9.17, 15) is 4.79 Å². The first-order chi connectivity index (χ1) is 6.45. The number of hydrogen-bond donors (Lipinski definition) is 0. The fraction of sp³-hybridized carbons (Fsp3) is 0.917. The molecule has 15 heavy (non-hydrogen) atoms. The summed E-state index contributed by atoms with van der Waals surface area (Å²) in [5.74, 6) is 0.350. The van der Waals surface area contributed by atoms with Crippen LogP contribution < -0.4 is 0 Å². The van der Waals surface area contributed by atoms with Crippen LogP contribution in [0.15, 0.2) is 0 Å². The van der Waals surface area contributed by atoms with Gasteiger partial charge in [-0.3, -0.25) is 4.79 Å². The third-order valence-corrected chi connectivity index (χ3v) is 5.03. The molecule has 0 fully saturated rings. The molecule has 0 radical (unpaired) electrons. The van der Waals surface area contributed by atoms with Gasteiger partial charge in [0.25, 0.3) is 0 Å². The normalized spacial score (nSPS) is 15.3. The molecule has 0 amide bonds. The average Bonchev–Trinajstić information content (AvgIpc) is 1.74. The van der Waals surface area contributed by atoms with E-state index in [2.05, 4.69) is 33.5 Å². The zero-order valence-corrected chi connectivity index (χ0v) is 12.5. The van der Waals surface area contributed by atoms with E-state index in [1.54, 1.807) is 0 Å². The second-order valence-electron chi connectivity index (χ2n) is 6.62. The highest BCUT2D eigenvalue weighted by molar-refractivity contribution is 6.80. The van der Waals surface area contributed by atoms with Crippen molar-refractivity contribution in [2.24, 2.45) is 5.92 Å². The Morgan fingerprint density at radius 2 is 1.53 bits per heavy atom. The lowest BCUT2D eigenvalue weighted by Crippen LogP contribution is -2.40. The van der Waals surface area contributed by atoms with Crippen LogP contribution in [0.1, 0.15) is 34.6 Å². The molecule has 0 rings (SSSR count). The van der Waals surface area contributed by atoms with Crippen molar-refractivity contribution in [2.75, 3.05) is 0 Å². The first kappa shape index (κ1) is 14.7. The van der Waals surface area contributed by atoms with E-state index in [4.69, 9.17) is 4.74 Å². The van der Waals surface area contributed by atoms with Gasteiger partial charge in [-0.1, -0.05) is 33.5 Å². The molecule has 0 bridgehead atoms. The standard InChI is InChI=1S/C12H26O2Si/c1-9(2)10(15(6,7)8)11(13)14-12(3,4)5/h9-10H,1-8H3. The summed E-state index contributed by atoms with van der Waals surface area (Å²) in [4.78, 5) is 12.1. The van der Waals surface area contributed by atoms with Gasteiger partial charge in [-0.2, -0.15) is 0 Å². The van der Waals surface area contributed by atoms with Crippen LogP contribution >= 0.6 is 0 Å². The quantitative estimate of drug-likeness (QED) is 0.546. The van der Waals surface area contributed by atoms with E-state index in [0.717, 1.165) is 0 Å². The second kappa shape index (κ2) is 4.68. The van der Waals surface area contributed by atoms with Crippen molar-refractivity contribution in [1.82, 2.24) is 0 Å². The third kappa shape index (κ3) is 5.35. The van der Waals surface area contributed by atoms with Gasteiger partial charge in [0, 0.05) is 0 Å². The van der Waals surface area contributed by atoms with Gasteiger partial charge in [-0.15, -0.1) is 0 Å². The minimum atomic E-state index is -1.49. The summed E-state index contributed by atoms with van der Waals surface area (Å²) in [6.45, 7) is 16.6. The molecule has 0 spiro atoms. The second-order valence-corrected chi connectivity index (χ2v) is 12.0. The SMILES string of the molecule is CC(C)C(C(=O)OC(C)(C)C)[Si](C)(C)C. The largest absolute Gasteiger partial charge is 0.460 e. The maximum absolute atomic E-state index is 12.1. The van der Waals surface area contributed by atoms with Gasteiger partial charge in [0.05, 0.1) is 13.6 Å². The monoisotopic (exact) mass is 230 g/mol. The van der Waals surface area contributed by atoms with Gasteiger partial charge in [-0.05, 0) is 26.7 Å². The molecule has 3 heteroatoms. The Kier molecular flexibility index (Phi) is 4.59. The molecule has 0 aliphatic rings. The highest BCUT2D eigenvalue weighted by Crippen LogP contribution is 2.32. The average molecular weight is 230 g/mol. The van der Waals surface area contributed by atoms with Crippen molar-refractivity contribution < 1.29 is 9.53 Å². The molecular weight excluding hydrogens is 204 g/mol. The lowest BCUT2D eigenvalue weighted by molar-refractivity contribution is -0.155. The third-order valence-electron chi connectivity index (χ3n) is 2.26. The van der Waals surface area contributed by atoms with Gasteiger partial charge >= 0.3 is 5.97 Å². The fourth-order valence-electron chi connectivity index (χ4n) is 1.99. The van der Waals surface area contributed by atoms with E-state index in [1.807, 2.05) is 20.8 Å². The zero-order valence-electron chi connectivity index (χ0n) is 11.5. The van der Waals surface area contributed by atoms with Crippen LogP contribution in [0.2, 0.25) is 25.2 Å². The number of carbonyl (C=O) groups is 1. The molecule has 0 saturated heterocycles. The highest BCUT2D eigenvalue weighted by Gasteiger charge is 2.38. The Labute approximate surface area is 95.4 Å². The Hall–Kier alpha value is -0.313. The fourth-order valence-corrected chi connectivity index (χ4v) is 4.76. The molecule has 0 aliphatic heterocycles. The van der Waals surface area contributed by atoms with Crippen molar-refractivity contribution >= 4 is 14.0 Å². The van der Waals surface area contributed by atoms with Crippen LogP contribution in [0.5, 0.6) is 0 Å². The Bertz CT molecular complexity index is 221. The minimum absolute atomic E-state index is 0.0170. The van der Waals surface area contributed by atoms with Crippen LogP contribution in [0, 0.1) is 5.92 Å². The highest BCUT2D eigenvalue weighted by atomic mass is 28.3. The molecule has 0 N–H and O–H groups in total. The van der Waals surface area contributed by atoms with E-state index in [0.29, 0.717) is 5.92 Å². The van der Waals surface area contributed by atoms with Gasteiger partial charge < -0.3 is 4.74 Å². The molecule has 0 saturated carbocycles.